The minimum absolute atomic E-state index is 0.0331. The number of fused-ring (bicyclic) bond motifs is 5. The minimum atomic E-state index is -0.669. The number of nitrogens with zero attached hydrogens (tertiary/aromatic N) is 2. The second kappa shape index (κ2) is 12.7. The Labute approximate surface area is 263 Å². The summed E-state index contributed by atoms with van der Waals surface area (Å²) in [6, 6.07) is 12.1. The van der Waals surface area contributed by atoms with E-state index in [-0.39, 0.29) is 27.6 Å². The highest BCUT2D eigenvalue weighted by Gasteiger charge is 2.24. The molecule has 6 aromatic rings. The van der Waals surface area contributed by atoms with Crippen molar-refractivity contribution in [2.75, 3.05) is 64.3 Å². The van der Waals surface area contributed by atoms with Crippen molar-refractivity contribution in [1.29, 1.82) is 0 Å². The number of nitrogens with one attached hydrogen (secondary N) is 3. The molecule has 1 saturated heterocycles. The van der Waals surface area contributed by atoms with Crippen LogP contribution < -0.4 is 26.8 Å². The van der Waals surface area contributed by atoms with Crippen molar-refractivity contribution in [3.63, 3.8) is 0 Å². The minimum Gasteiger partial charge on any atom is -0.451 e. The predicted octanol–water partition coefficient (Wildman–Crippen LogP) is 4.31. The second-order valence-corrected chi connectivity index (χ2v) is 11.8. The largest absolute Gasteiger partial charge is 0.451 e. The van der Waals surface area contributed by atoms with E-state index in [1.807, 2.05) is 24.3 Å². The highest BCUT2D eigenvalue weighted by atomic mass is 19.1. The molecule has 1 aliphatic rings. The maximum absolute atomic E-state index is 15.8. The molecule has 3 heterocycles. The van der Waals surface area contributed by atoms with Gasteiger partial charge in [-0.15, -0.1) is 0 Å². The molecule has 3 N–H and O–H groups in total. The topological polar surface area (TPSA) is 117 Å². The average molecular weight is 626 g/mol. The number of morpholine rings is 1. The third-order valence-electron chi connectivity index (χ3n) is 8.79. The number of carbonyl (C=O) groups excluding carboxylic acids is 1. The van der Waals surface area contributed by atoms with Crippen molar-refractivity contribution in [3.8, 4) is 0 Å². The van der Waals surface area contributed by atoms with Gasteiger partial charge in [0.15, 0.2) is 22.4 Å². The molecule has 1 fully saturated rings. The molecule has 1 aliphatic heterocycles. The molecule has 238 valence electrons. The van der Waals surface area contributed by atoms with Crippen molar-refractivity contribution in [2.24, 2.45) is 0 Å². The standard InChI is InChI=1S/C35H36FN5O5/c1-2-8-37-10-11-38-30-27(36)17-25-31-34(30)46-29-19-24-23(21-6-3-4-7-22(21)32(24)42)18-28(29)41(31)20-26(33(25)43)35(44)39-9-5-12-40-13-15-45-16-14-40/h3-4,6-7,17-20,37-38H,2,5,8-16H2,1H3,(H,39,44). The molecule has 10 nitrogen and oxygen atoms in total. The Bertz CT molecular complexity index is 2200. The fourth-order valence-electron chi connectivity index (χ4n) is 6.46. The van der Waals surface area contributed by atoms with Gasteiger partial charge in [0.1, 0.15) is 16.8 Å². The van der Waals surface area contributed by atoms with Gasteiger partial charge in [0.05, 0.1) is 24.1 Å². The highest BCUT2D eigenvalue weighted by Crippen LogP contribution is 2.36. The van der Waals surface area contributed by atoms with E-state index in [9.17, 15) is 14.4 Å². The number of ether oxygens (including phenoxy) is 1. The van der Waals surface area contributed by atoms with Gasteiger partial charge < -0.3 is 29.5 Å². The monoisotopic (exact) mass is 625 g/mol. The summed E-state index contributed by atoms with van der Waals surface area (Å²) in [6.45, 7) is 8.20. The van der Waals surface area contributed by atoms with E-state index in [2.05, 4.69) is 27.8 Å². The maximum atomic E-state index is 15.8. The zero-order valence-electron chi connectivity index (χ0n) is 25.7. The molecule has 0 aliphatic carbocycles. The molecule has 1 amide bonds. The van der Waals surface area contributed by atoms with E-state index in [1.54, 1.807) is 16.5 Å². The molecule has 11 heteroatoms. The van der Waals surface area contributed by atoms with Crippen LogP contribution in [0.2, 0.25) is 0 Å². The van der Waals surface area contributed by atoms with Gasteiger partial charge in [-0.25, -0.2) is 4.39 Å². The summed E-state index contributed by atoms with van der Waals surface area (Å²) < 4.78 is 29.3. The number of anilines is 1. The fraction of sp³-hybridized carbons (Fsp3) is 0.343. The summed E-state index contributed by atoms with van der Waals surface area (Å²) in [6.07, 6.45) is 3.19. The summed E-state index contributed by atoms with van der Waals surface area (Å²) in [5.41, 5.74) is 0.668. The smallest absolute Gasteiger partial charge is 0.256 e. The number of hydrogen-bond acceptors (Lipinski definition) is 8. The van der Waals surface area contributed by atoms with Crippen LogP contribution >= 0.6 is 0 Å². The van der Waals surface area contributed by atoms with E-state index in [4.69, 9.17) is 9.15 Å². The Balaban J connectivity index is 1.36. The van der Waals surface area contributed by atoms with Crippen LogP contribution in [0.4, 0.5) is 10.1 Å². The third-order valence-corrected chi connectivity index (χ3v) is 8.79. The van der Waals surface area contributed by atoms with E-state index in [0.29, 0.717) is 66.7 Å². The normalized spacial score (nSPS) is 14.3. The predicted molar refractivity (Wildman–Crippen MR) is 179 cm³/mol. The lowest BCUT2D eigenvalue weighted by atomic mass is 10.1. The Morgan fingerprint density at radius 1 is 0.913 bits per heavy atom. The lowest BCUT2D eigenvalue weighted by Gasteiger charge is -2.26. The molecule has 0 radical (unpaired) electrons. The molecule has 0 saturated carbocycles. The molecular formula is C35H36FN5O5. The van der Waals surface area contributed by atoms with Crippen LogP contribution in [0.3, 0.4) is 0 Å². The van der Waals surface area contributed by atoms with Gasteiger partial charge in [-0.2, -0.15) is 0 Å². The van der Waals surface area contributed by atoms with Crippen LogP contribution in [0.25, 0.3) is 49.1 Å². The van der Waals surface area contributed by atoms with Gasteiger partial charge in [0, 0.05) is 49.7 Å². The van der Waals surface area contributed by atoms with Crippen molar-refractivity contribution in [2.45, 2.75) is 19.8 Å². The number of hydrogen-bond donors (Lipinski definition) is 3. The number of halogens is 1. The van der Waals surface area contributed by atoms with E-state index >= 15 is 4.39 Å². The van der Waals surface area contributed by atoms with Crippen LogP contribution in [0.5, 0.6) is 0 Å². The fourth-order valence-corrected chi connectivity index (χ4v) is 6.46. The van der Waals surface area contributed by atoms with Gasteiger partial charge >= 0.3 is 0 Å². The number of amides is 1. The lowest BCUT2D eigenvalue weighted by molar-refractivity contribution is 0.0374. The van der Waals surface area contributed by atoms with Crippen LogP contribution in [-0.2, 0) is 4.74 Å². The molecule has 0 atom stereocenters. The molecule has 2 aromatic heterocycles. The molecule has 0 unspecified atom stereocenters. The first-order valence-electron chi connectivity index (χ1n) is 15.9. The number of aromatic nitrogens is 1. The molecule has 46 heavy (non-hydrogen) atoms. The number of pyridine rings is 1. The lowest BCUT2D eigenvalue weighted by Crippen LogP contribution is -2.38. The molecular weight excluding hydrogens is 589 g/mol. The van der Waals surface area contributed by atoms with Gasteiger partial charge in [0.2, 0.25) is 5.43 Å². The SMILES string of the molecule is CCCNCCNc1c(F)cc2c(=O)c(C(=O)NCCCN3CCOCC3)cn3c4cc5c(cc4oc1c23)c(=O)c1ccccc15. The van der Waals surface area contributed by atoms with Crippen molar-refractivity contribution in [3.05, 3.63) is 80.5 Å². The zero-order chi connectivity index (χ0) is 31.8. The van der Waals surface area contributed by atoms with Gasteiger partial charge in [-0.1, -0.05) is 31.2 Å². The second-order valence-electron chi connectivity index (χ2n) is 11.8. The Morgan fingerprint density at radius 2 is 1.72 bits per heavy atom. The van der Waals surface area contributed by atoms with Crippen LogP contribution in [0.15, 0.2) is 62.7 Å². The van der Waals surface area contributed by atoms with Crippen molar-refractivity contribution in [1.82, 2.24) is 19.9 Å². The van der Waals surface area contributed by atoms with Gasteiger partial charge in [-0.3, -0.25) is 19.3 Å². The quantitative estimate of drug-likeness (QED) is 0.111. The first-order chi connectivity index (χ1) is 22.5. The average Bonchev–Trinajstić information content (AvgIpc) is 3.35. The summed E-state index contributed by atoms with van der Waals surface area (Å²) in [5, 5.41) is 11.9. The van der Waals surface area contributed by atoms with E-state index < -0.39 is 17.2 Å². The maximum Gasteiger partial charge on any atom is 0.256 e. The van der Waals surface area contributed by atoms with Crippen LogP contribution in [-0.4, -0.2) is 74.2 Å². The first-order valence-corrected chi connectivity index (χ1v) is 15.9. The van der Waals surface area contributed by atoms with Crippen LogP contribution in [0, 0.1) is 5.82 Å². The number of benzene rings is 3. The van der Waals surface area contributed by atoms with Gasteiger partial charge in [-0.05, 0) is 54.9 Å². The first kappa shape index (κ1) is 30.1. The highest BCUT2D eigenvalue weighted by molar-refractivity contribution is 6.15. The van der Waals surface area contributed by atoms with Crippen molar-refractivity contribution >= 4 is 60.7 Å². The summed E-state index contributed by atoms with van der Waals surface area (Å²) in [5.74, 6) is -1.20. The molecule has 4 aromatic carbocycles. The van der Waals surface area contributed by atoms with E-state index in [0.717, 1.165) is 43.4 Å². The van der Waals surface area contributed by atoms with E-state index in [1.165, 1.54) is 12.3 Å². The van der Waals surface area contributed by atoms with Gasteiger partial charge in [0.25, 0.3) is 5.91 Å². The molecule has 0 bridgehead atoms. The number of carbonyl (C=O) groups is 1. The number of rotatable bonds is 11. The Morgan fingerprint density at radius 3 is 2.52 bits per heavy atom. The summed E-state index contributed by atoms with van der Waals surface area (Å²) >= 11 is 0. The zero-order valence-corrected chi connectivity index (χ0v) is 25.7. The van der Waals surface area contributed by atoms with Crippen LogP contribution in [0.1, 0.15) is 30.1 Å². The Kier molecular flexibility index (Phi) is 8.29. The molecule has 0 spiro atoms. The summed E-state index contributed by atoms with van der Waals surface area (Å²) in [4.78, 5) is 42.9. The summed E-state index contributed by atoms with van der Waals surface area (Å²) in [7, 11) is 0. The Hall–Kier alpha value is -4.58. The molecule has 7 rings (SSSR count). The van der Waals surface area contributed by atoms with Crippen molar-refractivity contribution < 1.29 is 18.3 Å². The third kappa shape index (κ3) is 5.34.